The van der Waals surface area contributed by atoms with Crippen molar-refractivity contribution in [3.05, 3.63) is 11.8 Å². The van der Waals surface area contributed by atoms with E-state index in [1.807, 2.05) is 0 Å². The zero-order valence-electron chi connectivity index (χ0n) is 8.77. The fourth-order valence-corrected chi connectivity index (χ4v) is 1.68. The minimum absolute atomic E-state index is 0.0759. The van der Waals surface area contributed by atoms with E-state index < -0.39 is 18.0 Å². The van der Waals surface area contributed by atoms with E-state index in [2.05, 4.69) is 4.99 Å². The van der Waals surface area contributed by atoms with E-state index in [1.165, 1.54) is 20.2 Å². The first-order chi connectivity index (χ1) is 6.96. The SMILES string of the molecule is COC1(CN)C(CO)=CN=C(C)C1(O)O. The first kappa shape index (κ1) is 12.3. The Bertz CT molecular complexity index is 305. The van der Waals surface area contributed by atoms with Crippen molar-refractivity contribution in [3.63, 3.8) is 0 Å². The third kappa shape index (κ3) is 1.51. The molecular formula is C9H16N2O4. The Morgan fingerprint density at radius 1 is 1.53 bits per heavy atom. The van der Waals surface area contributed by atoms with Crippen molar-refractivity contribution in [2.45, 2.75) is 18.3 Å². The Hall–Kier alpha value is -0.790. The van der Waals surface area contributed by atoms with Gasteiger partial charge in [0.25, 0.3) is 0 Å². The molecule has 1 heterocycles. The highest BCUT2D eigenvalue weighted by Crippen LogP contribution is 2.34. The van der Waals surface area contributed by atoms with Crippen LogP contribution < -0.4 is 5.73 Å². The maximum atomic E-state index is 9.92. The average Bonchev–Trinajstić information content (AvgIpc) is 2.22. The molecule has 0 aromatic heterocycles. The second-order valence-corrected chi connectivity index (χ2v) is 3.43. The van der Waals surface area contributed by atoms with Crippen molar-refractivity contribution >= 4 is 5.71 Å². The molecule has 0 amide bonds. The fraction of sp³-hybridized carbons (Fsp3) is 0.667. The van der Waals surface area contributed by atoms with Gasteiger partial charge in [-0.2, -0.15) is 0 Å². The fourth-order valence-electron chi connectivity index (χ4n) is 1.68. The molecule has 6 heteroatoms. The van der Waals surface area contributed by atoms with E-state index in [0.29, 0.717) is 0 Å². The number of methoxy groups -OCH3 is 1. The molecule has 0 spiro atoms. The number of hydrogen-bond donors (Lipinski definition) is 4. The molecule has 0 saturated carbocycles. The third-order valence-corrected chi connectivity index (χ3v) is 2.81. The normalized spacial score (nSPS) is 29.7. The first-order valence-corrected chi connectivity index (χ1v) is 4.51. The van der Waals surface area contributed by atoms with Gasteiger partial charge in [0.15, 0.2) is 5.60 Å². The topological polar surface area (TPSA) is 108 Å². The molecule has 1 rings (SSSR count). The van der Waals surface area contributed by atoms with Crippen LogP contribution in [0.25, 0.3) is 0 Å². The van der Waals surface area contributed by atoms with Crippen LogP contribution in [0.3, 0.4) is 0 Å². The second-order valence-electron chi connectivity index (χ2n) is 3.43. The van der Waals surface area contributed by atoms with Crippen molar-refractivity contribution in [2.24, 2.45) is 10.7 Å². The highest BCUT2D eigenvalue weighted by Gasteiger charge is 2.55. The second kappa shape index (κ2) is 3.99. The van der Waals surface area contributed by atoms with Crippen LogP contribution >= 0.6 is 0 Å². The number of hydrogen-bond acceptors (Lipinski definition) is 6. The van der Waals surface area contributed by atoms with Crippen LogP contribution in [-0.2, 0) is 4.74 Å². The third-order valence-electron chi connectivity index (χ3n) is 2.81. The van der Waals surface area contributed by atoms with Crippen LogP contribution in [0.15, 0.2) is 16.8 Å². The zero-order valence-corrected chi connectivity index (χ0v) is 8.77. The monoisotopic (exact) mass is 216 g/mol. The van der Waals surface area contributed by atoms with Gasteiger partial charge in [0.1, 0.15) is 0 Å². The van der Waals surface area contributed by atoms with Gasteiger partial charge in [-0.1, -0.05) is 0 Å². The summed E-state index contributed by atoms with van der Waals surface area (Å²) in [5.41, 5.74) is 4.28. The standard InChI is InChI=1S/C9H16N2O4/c1-6-9(13,14)8(5-10,15-2)7(4-12)3-11-6/h3,12-14H,4-5,10H2,1-2H3. The molecule has 5 N–H and O–H groups in total. The Morgan fingerprint density at radius 2 is 2.13 bits per heavy atom. The van der Waals surface area contributed by atoms with E-state index in [-0.39, 0.29) is 17.8 Å². The van der Waals surface area contributed by atoms with Crippen LogP contribution in [0.4, 0.5) is 0 Å². The minimum atomic E-state index is -2.30. The van der Waals surface area contributed by atoms with Gasteiger partial charge in [0.05, 0.1) is 12.3 Å². The van der Waals surface area contributed by atoms with Crippen LogP contribution in [0, 0.1) is 0 Å². The number of nitrogens with zero attached hydrogens (tertiary/aromatic N) is 1. The number of aliphatic hydroxyl groups is 3. The Kier molecular flexibility index (Phi) is 3.27. The van der Waals surface area contributed by atoms with E-state index in [4.69, 9.17) is 15.6 Å². The molecule has 0 radical (unpaired) electrons. The molecule has 86 valence electrons. The number of rotatable bonds is 3. The Balaban J connectivity index is 3.31. The molecular weight excluding hydrogens is 200 g/mol. The zero-order chi connectivity index (χ0) is 11.7. The van der Waals surface area contributed by atoms with E-state index in [0.717, 1.165) is 0 Å². The van der Waals surface area contributed by atoms with E-state index >= 15 is 0 Å². The Morgan fingerprint density at radius 3 is 2.53 bits per heavy atom. The van der Waals surface area contributed by atoms with Crippen LogP contribution in [0.5, 0.6) is 0 Å². The smallest absolute Gasteiger partial charge is 0.238 e. The van der Waals surface area contributed by atoms with Crippen LogP contribution in [-0.4, -0.2) is 52.7 Å². The summed E-state index contributed by atoms with van der Waals surface area (Å²) in [6.45, 7) is 0.883. The number of nitrogens with two attached hydrogens (primary N) is 1. The summed E-state index contributed by atoms with van der Waals surface area (Å²) >= 11 is 0. The van der Waals surface area contributed by atoms with Crippen molar-refractivity contribution in [1.29, 1.82) is 0 Å². The van der Waals surface area contributed by atoms with E-state index in [9.17, 15) is 10.2 Å². The quantitative estimate of drug-likeness (QED) is 0.423. The molecule has 0 aliphatic carbocycles. The number of ether oxygens (including phenoxy) is 1. The summed E-state index contributed by atoms with van der Waals surface area (Å²) in [7, 11) is 1.30. The summed E-state index contributed by atoms with van der Waals surface area (Å²) in [5.74, 6) is -2.30. The molecule has 1 aliphatic heterocycles. The first-order valence-electron chi connectivity index (χ1n) is 4.51. The molecule has 1 atom stereocenters. The highest BCUT2D eigenvalue weighted by molar-refractivity contribution is 5.92. The van der Waals surface area contributed by atoms with Gasteiger partial charge < -0.3 is 25.8 Å². The van der Waals surface area contributed by atoms with Gasteiger partial charge in [-0.25, -0.2) is 0 Å². The highest BCUT2D eigenvalue weighted by atomic mass is 16.6. The van der Waals surface area contributed by atoms with Gasteiger partial charge in [-0.15, -0.1) is 0 Å². The van der Waals surface area contributed by atoms with Gasteiger partial charge in [-0.3, -0.25) is 4.99 Å². The van der Waals surface area contributed by atoms with Crippen molar-refractivity contribution in [2.75, 3.05) is 20.3 Å². The summed E-state index contributed by atoms with van der Waals surface area (Å²) in [4.78, 5) is 3.79. The lowest BCUT2D eigenvalue weighted by Gasteiger charge is -2.44. The van der Waals surface area contributed by atoms with Crippen LogP contribution in [0.1, 0.15) is 6.92 Å². The average molecular weight is 216 g/mol. The largest absolute Gasteiger partial charge is 0.392 e. The van der Waals surface area contributed by atoms with Gasteiger partial charge >= 0.3 is 0 Å². The summed E-state index contributed by atoms with van der Waals surface area (Å²) in [5, 5.41) is 29.0. The molecule has 0 bridgehead atoms. The van der Waals surface area contributed by atoms with Gasteiger partial charge in [0.2, 0.25) is 5.79 Å². The summed E-state index contributed by atoms with van der Waals surface area (Å²) in [6.07, 6.45) is 1.34. The van der Waals surface area contributed by atoms with Crippen LogP contribution in [0.2, 0.25) is 0 Å². The summed E-state index contributed by atoms with van der Waals surface area (Å²) in [6, 6.07) is 0. The molecule has 1 aliphatic rings. The molecule has 15 heavy (non-hydrogen) atoms. The molecule has 1 unspecified atom stereocenters. The lowest BCUT2D eigenvalue weighted by atomic mass is 9.81. The van der Waals surface area contributed by atoms with Crippen molar-refractivity contribution in [1.82, 2.24) is 0 Å². The van der Waals surface area contributed by atoms with E-state index in [1.54, 1.807) is 0 Å². The summed E-state index contributed by atoms with van der Waals surface area (Å²) < 4.78 is 5.08. The lowest BCUT2D eigenvalue weighted by Crippen LogP contribution is -2.66. The molecule has 0 aromatic rings. The predicted molar refractivity (Wildman–Crippen MR) is 54.2 cm³/mol. The van der Waals surface area contributed by atoms with Gasteiger partial charge in [0, 0.05) is 25.4 Å². The minimum Gasteiger partial charge on any atom is -0.392 e. The number of aliphatic imine (C=N–C) groups is 1. The number of aliphatic hydroxyl groups excluding tert-OH is 1. The molecule has 6 nitrogen and oxygen atoms in total. The lowest BCUT2D eigenvalue weighted by molar-refractivity contribution is -0.222. The van der Waals surface area contributed by atoms with Crippen molar-refractivity contribution in [3.8, 4) is 0 Å². The maximum absolute atomic E-state index is 9.92. The predicted octanol–water partition coefficient (Wildman–Crippen LogP) is -1.64. The maximum Gasteiger partial charge on any atom is 0.238 e. The van der Waals surface area contributed by atoms with Crippen molar-refractivity contribution < 1.29 is 20.1 Å². The Labute approximate surface area is 87.7 Å². The van der Waals surface area contributed by atoms with Gasteiger partial charge in [-0.05, 0) is 6.92 Å². The molecule has 0 aromatic carbocycles. The molecule has 0 fully saturated rings. The molecule has 0 saturated heterocycles.